The van der Waals surface area contributed by atoms with Crippen LogP contribution in [0.2, 0.25) is 0 Å². The minimum atomic E-state index is 0.525. The molecule has 0 radical (unpaired) electrons. The van der Waals surface area contributed by atoms with Crippen LogP contribution in [0.3, 0.4) is 0 Å². The Morgan fingerprint density at radius 1 is 1.16 bits per heavy atom. The van der Waals surface area contributed by atoms with Gasteiger partial charge in [-0.25, -0.2) is 9.97 Å². The lowest BCUT2D eigenvalue weighted by Crippen LogP contribution is -2.33. The van der Waals surface area contributed by atoms with Crippen molar-refractivity contribution in [2.45, 2.75) is 32.4 Å². The van der Waals surface area contributed by atoms with Crippen LogP contribution >= 0.6 is 0 Å². The van der Waals surface area contributed by atoms with Crippen molar-refractivity contribution < 1.29 is 4.74 Å². The molecule has 0 bridgehead atoms. The number of rotatable bonds is 8. The first-order chi connectivity index (χ1) is 12.3. The number of methoxy groups -OCH3 is 1. The molecule has 134 valence electrons. The summed E-state index contributed by atoms with van der Waals surface area (Å²) in [5.74, 6) is 1.70. The second kappa shape index (κ2) is 9.49. The van der Waals surface area contributed by atoms with Gasteiger partial charge in [0, 0.05) is 26.3 Å². The summed E-state index contributed by atoms with van der Waals surface area (Å²) in [5, 5.41) is 3.42. The van der Waals surface area contributed by atoms with E-state index in [-0.39, 0.29) is 0 Å². The fourth-order valence-corrected chi connectivity index (χ4v) is 3.40. The number of nitrogens with zero attached hydrogens (tertiary/aromatic N) is 3. The van der Waals surface area contributed by atoms with Crippen LogP contribution in [0.5, 0.6) is 0 Å². The molecule has 0 aliphatic carbocycles. The number of nitrogens with one attached hydrogen (secondary N) is 1. The number of piperidine rings is 1. The highest BCUT2D eigenvalue weighted by atomic mass is 16.5. The summed E-state index contributed by atoms with van der Waals surface area (Å²) in [5.41, 5.74) is 2.33. The summed E-state index contributed by atoms with van der Waals surface area (Å²) in [4.78, 5) is 11.0. The molecule has 0 unspecified atom stereocenters. The smallest absolute Gasteiger partial charge is 0.129 e. The molecule has 1 N–H and O–H groups in total. The van der Waals surface area contributed by atoms with Crippen LogP contribution in [0.1, 0.15) is 30.5 Å². The molecule has 1 saturated heterocycles. The Morgan fingerprint density at radius 2 is 1.96 bits per heavy atom. The van der Waals surface area contributed by atoms with E-state index in [4.69, 9.17) is 4.74 Å². The van der Waals surface area contributed by atoms with Gasteiger partial charge >= 0.3 is 0 Å². The van der Waals surface area contributed by atoms with Gasteiger partial charge in [-0.3, -0.25) is 4.90 Å². The number of aromatic nitrogens is 2. The number of anilines is 1. The SMILES string of the molecule is COCc1cc(NCCC2CCN(Cc3ccccc3)CC2)ncn1. The maximum atomic E-state index is 5.11. The molecule has 3 rings (SSSR count). The number of benzene rings is 1. The Morgan fingerprint density at radius 3 is 2.72 bits per heavy atom. The van der Waals surface area contributed by atoms with E-state index < -0.39 is 0 Å². The Balaban J connectivity index is 1.36. The van der Waals surface area contributed by atoms with E-state index in [9.17, 15) is 0 Å². The zero-order valence-corrected chi connectivity index (χ0v) is 15.0. The van der Waals surface area contributed by atoms with E-state index in [2.05, 4.69) is 50.5 Å². The van der Waals surface area contributed by atoms with Crippen molar-refractivity contribution in [3.05, 3.63) is 54.0 Å². The van der Waals surface area contributed by atoms with Crippen molar-refractivity contribution in [3.8, 4) is 0 Å². The summed E-state index contributed by atoms with van der Waals surface area (Å²) in [6.07, 6.45) is 5.36. The number of likely N-dealkylation sites (tertiary alicyclic amines) is 1. The molecule has 0 amide bonds. The second-order valence-corrected chi connectivity index (χ2v) is 6.75. The van der Waals surface area contributed by atoms with Crippen LogP contribution in [0.25, 0.3) is 0 Å². The van der Waals surface area contributed by atoms with Gasteiger partial charge in [-0.15, -0.1) is 0 Å². The lowest BCUT2D eigenvalue weighted by atomic mass is 9.93. The zero-order chi connectivity index (χ0) is 17.3. The number of hydrogen-bond donors (Lipinski definition) is 1. The molecule has 2 aromatic rings. The summed E-state index contributed by atoms with van der Waals surface area (Å²) >= 11 is 0. The van der Waals surface area contributed by atoms with E-state index in [1.54, 1.807) is 13.4 Å². The van der Waals surface area contributed by atoms with Crippen molar-refractivity contribution >= 4 is 5.82 Å². The topological polar surface area (TPSA) is 50.3 Å². The summed E-state index contributed by atoms with van der Waals surface area (Å²) < 4.78 is 5.11. The maximum absolute atomic E-state index is 5.11. The maximum Gasteiger partial charge on any atom is 0.129 e. The van der Waals surface area contributed by atoms with Gasteiger partial charge in [0.2, 0.25) is 0 Å². The minimum Gasteiger partial charge on any atom is -0.378 e. The molecule has 25 heavy (non-hydrogen) atoms. The molecular formula is C20H28N4O. The first kappa shape index (κ1) is 17.8. The van der Waals surface area contributed by atoms with E-state index in [0.717, 1.165) is 30.5 Å². The number of hydrogen-bond acceptors (Lipinski definition) is 5. The molecule has 0 saturated carbocycles. The first-order valence-corrected chi connectivity index (χ1v) is 9.13. The summed E-state index contributed by atoms with van der Waals surface area (Å²) in [6.45, 7) is 4.97. The molecule has 0 atom stereocenters. The lowest BCUT2D eigenvalue weighted by molar-refractivity contribution is 0.174. The third-order valence-corrected chi connectivity index (χ3v) is 4.83. The Kier molecular flexibility index (Phi) is 6.77. The van der Waals surface area contributed by atoms with Gasteiger partial charge in [0.05, 0.1) is 12.3 Å². The average Bonchev–Trinajstić information content (AvgIpc) is 2.65. The minimum absolute atomic E-state index is 0.525. The van der Waals surface area contributed by atoms with E-state index in [1.165, 1.54) is 37.9 Å². The zero-order valence-electron chi connectivity index (χ0n) is 15.0. The fourth-order valence-electron chi connectivity index (χ4n) is 3.40. The van der Waals surface area contributed by atoms with Crippen LogP contribution in [-0.4, -0.2) is 41.6 Å². The second-order valence-electron chi connectivity index (χ2n) is 6.75. The van der Waals surface area contributed by atoms with E-state index in [0.29, 0.717) is 6.61 Å². The van der Waals surface area contributed by atoms with Gasteiger partial charge in [0.15, 0.2) is 0 Å². The van der Waals surface area contributed by atoms with Crippen molar-refractivity contribution in [1.29, 1.82) is 0 Å². The van der Waals surface area contributed by atoms with Gasteiger partial charge in [0.25, 0.3) is 0 Å². The van der Waals surface area contributed by atoms with E-state index >= 15 is 0 Å². The predicted molar refractivity (Wildman–Crippen MR) is 100 cm³/mol. The quantitative estimate of drug-likeness (QED) is 0.799. The highest BCUT2D eigenvalue weighted by Gasteiger charge is 2.18. The molecule has 5 heteroatoms. The van der Waals surface area contributed by atoms with Gasteiger partial charge in [-0.1, -0.05) is 30.3 Å². The fraction of sp³-hybridized carbons (Fsp3) is 0.500. The molecule has 2 heterocycles. The normalized spacial score (nSPS) is 16.0. The Bertz CT molecular complexity index is 627. The van der Waals surface area contributed by atoms with Crippen LogP contribution in [-0.2, 0) is 17.9 Å². The Labute approximate surface area is 150 Å². The molecule has 1 aliphatic rings. The molecule has 0 spiro atoms. The molecule has 1 aromatic carbocycles. The molecule has 1 aromatic heterocycles. The standard InChI is InChI=1S/C20H28N4O/c1-25-15-19-13-20(23-16-22-19)21-10-7-17-8-11-24(12-9-17)14-18-5-3-2-4-6-18/h2-6,13,16-17H,7-12,14-15H2,1H3,(H,21,22,23). The first-order valence-electron chi connectivity index (χ1n) is 9.13. The van der Waals surface area contributed by atoms with Crippen LogP contribution in [0, 0.1) is 5.92 Å². The average molecular weight is 340 g/mol. The predicted octanol–water partition coefficient (Wildman–Crippen LogP) is 3.34. The van der Waals surface area contributed by atoms with Gasteiger partial charge < -0.3 is 10.1 Å². The van der Waals surface area contributed by atoms with Crippen molar-refractivity contribution in [3.63, 3.8) is 0 Å². The third kappa shape index (κ3) is 5.80. The summed E-state index contributed by atoms with van der Waals surface area (Å²) in [6, 6.07) is 12.7. The van der Waals surface area contributed by atoms with Gasteiger partial charge in [0.1, 0.15) is 12.1 Å². The molecule has 1 aliphatic heterocycles. The van der Waals surface area contributed by atoms with Crippen LogP contribution in [0.4, 0.5) is 5.82 Å². The van der Waals surface area contributed by atoms with E-state index in [1.807, 2.05) is 6.07 Å². The van der Waals surface area contributed by atoms with Crippen LogP contribution < -0.4 is 5.32 Å². The molecule has 1 fully saturated rings. The summed E-state index contributed by atoms with van der Waals surface area (Å²) in [7, 11) is 1.68. The lowest BCUT2D eigenvalue weighted by Gasteiger charge is -2.32. The van der Waals surface area contributed by atoms with Gasteiger partial charge in [-0.2, -0.15) is 0 Å². The highest BCUT2D eigenvalue weighted by Crippen LogP contribution is 2.22. The van der Waals surface area contributed by atoms with Crippen molar-refractivity contribution in [1.82, 2.24) is 14.9 Å². The Hall–Kier alpha value is -1.98. The molecular weight excluding hydrogens is 312 g/mol. The van der Waals surface area contributed by atoms with Gasteiger partial charge in [-0.05, 0) is 43.8 Å². The highest BCUT2D eigenvalue weighted by molar-refractivity contribution is 5.34. The van der Waals surface area contributed by atoms with Crippen molar-refractivity contribution in [2.75, 3.05) is 32.1 Å². The van der Waals surface area contributed by atoms with Crippen molar-refractivity contribution in [2.24, 2.45) is 5.92 Å². The monoisotopic (exact) mass is 340 g/mol. The molecule has 5 nitrogen and oxygen atoms in total. The third-order valence-electron chi connectivity index (χ3n) is 4.83. The number of ether oxygens (including phenoxy) is 1. The largest absolute Gasteiger partial charge is 0.378 e. The van der Waals surface area contributed by atoms with Crippen LogP contribution in [0.15, 0.2) is 42.7 Å².